The fourth-order valence-electron chi connectivity index (χ4n) is 4.90. The predicted octanol–water partition coefficient (Wildman–Crippen LogP) is 2.34. The Balaban J connectivity index is 1.43. The van der Waals surface area contributed by atoms with Crippen molar-refractivity contribution in [3.8, 4) is 0 Å². The summed E-state index contributed by atoms with van der Waals surface area (Å²) >= 11 is 1.47. The first kappa shape index (κ1) is 18.1. The lowest BCUT2D eigenvalue weighted by Crippen LogP contribution is -2.41. The van der Waals surface area contributed by atoms with Crippen molar-refractivity contribution in [1.82, 2.24) is 5.32 Å². The zero-order valence-corrected chi connectivity index (χ0v) is 16.3. The van der Waals surface area contributed by atoms with Gasteiger partial charge in [0.2, 0.25) is 5.91 Å². The van der Waals surface area contributed by atoms with Crippen molar-refractivity contribution in [3.63, 3.8) is 0 Å². The molecule has 3 N–H and O–H groups in total. The Labute approximate surface area is 166 Å². The zero-order chi connectivity index (χ0) is 19.4. The number of carbonyl (C=O) groups excluding carboxylic acids is 2. The highest BCUT2D eigenvalue weighted by atomic mass is 32.1. The quantitative estimate of drug-likeness (QED) is 0.699. The number of aliphatic carboxylic acids is 1. The first-order chi connectivity index (χ1) is 13.5. The van der Waals surface area contributed by atoms with Crippen LogP contribution in [0.1, 0.15) is 59.3 Å². The van der Waals surface area contributed by atoms with Crippen LogP contribution < -0.4 is 10.6 Å². The Bertz CT molecular complexity index is 846. The largest absolute Gasteiger partial charge is 0.481 e. The molecule has 4 atom stereocenters. The number of carboxylic acid groups (broad SMARTS) is 1. The first-order valence-electron chi connectivity index (χ1n) is 10.2. The number of fused-ring (bicyclic) bond motifs is 3. The molecule has 1 saturated carbocycles. The topological polar surface area (TPSA) is 105 Å². The number of thiophene rings is 1. The Morgan fingerprint density at radius 3 is 2.43 bits per heavy atom. The number of nitrogens with one attached hydrogen (secondary N) is 2. The third kappa shape index (κ3) is 3.03. The molecule has 2 amide bonds. The minimum absolute atomic E-state index is 0.115. The fourth-order valence-corrected chi connectivity index (χ4v) is 6.19. The van der Waals surface area contributed by atoms with Crippen LogP contribution in [-0.4, -0.2) is 41.1 Å². The van der Waals surface area contributed by atoms with Gasteiger partial charge in [0.15, 0.2) is 0 Å². The van der Waals surface area contributed by atoms with Crippen LogP contribution in [0.15, 0.2) is 0 Å². The second-order valence-electron chi connectivity index (χ2n) is 8.33. The van der Waals surface area contributed by atoms with Gasteiger partial charge in [0.1, 0.15) is 5.00 Å². The van der Waals surface area contributed by atoms with E-state index in [0.29, 0.717) is 23.4 Å². The van der Waals surface area contributed by atoms with Crippen LogP contribution in [0.3, 0.4) is 0 Å². The van der Waals surface area contributed by atoms with E-state index in [0.717, 1.165) is 44.1 Å². The van der Waals surface area contributed by atoms with E-state index in [2.05, 4.69) is 10.6 Å². The van der Waals surface area contributed by atoms with Crippen molar-refractivity contribution in [2.45, 2.75) is 69.6 Å². The van der Waals surface area contributed by atoms with Crippen LogP contribution in [0.5, 0.6) is 0 Å². The lowest BCUT2D eigenvalue weighted by Gasteiger charge is -2.23. The van der Waals surface area contributed by atoms with Crippen molar-refractivity contribution in [1.29, 1.82) is 0 Å². The summed E-state index contributed by atoms with van der Waals surface area (Å²) in [6.07, 6.45) is 6.59. The summed E-state index contributed by atoms with van der Waals surface area (Å²) in [5.41, 5.74) is 1.65. The van der Waals surface area contributed by atoms with Crippen molar-refractivity contribution >= 4 is 34.1 Å². The van der Waals surface area contributed by atoms with E-state index < -0.39 is 17.8 Å². The SMILES string of the molecule is O=C(NC1CC1)c1c(NC(=O)[C@H]2[C@@H](C(=O)O)[C@H]3CC[C@H]2O3)sc2c1CCCC2. The summed E-state index contributed by atoms with van der Waals surface area (Å²) in [6.45, 7) is 0. The molecule has 2 aliphatic carbocycles. The molecular formula is C20H24N2O5S. The summed E-state index contributed by atoms with van der Waals surface area (Å²) in [4.78, 5) is 38.8. The van der Waals surface area contributed by atoms with Crippen molar-refractivity contribution in [2.75, 3.05) is 5.32 Å². The van der Waals surface area contributed by atoms with E-state index in [1.165, 1.54) is 16.2 Å². The van der Waals surface area contributed by atoms with E-state index in [9.17, 15) is 19.5 Å². The second kappa shape index (κ2) is 6.84. The minimum atomic E-state index is -0.982. The van der Waals surface area contributed by atoms with Gasteiger partial charge in [0.25, 0.3) is 5.91 Å². The number of anilines is 1. The van der Waals surface area contributed by atoms with E-state index >= 15 is 0 Å². The molecule has 28 heavy (non-hydrogen) atoms. The second-order valence-corrected chi connectivity index (χ2v) is 9.44. The Morgan fingerprint density at radius 1 is 1.00 bits per heavy atom. The smallest absolute Gasteiger partial charge is 0.310 e. The van der Waals surface area contributed by atoms with E-state index in [-0.39, 0.29) is 30.1 Å². The number of rotatable bonds is 5. The van der Waals surface area contributed by atoms with Gasteiger partial charge in [-0.1, -0.05) is 0 Å². The molecule has 4 aliphatic rings. The predicted molar refractivity (Wildman–Crippen MR) is 103 cm³/mol. The summed E-state index contributed by atoms with van der Waals surface area (Å²) in [6, 6.07) is 0.241. The van der Waals surface area contributed by atoms with E-state index in [1.807, 2.05) is 0 Å². The molecule has 0 radical (unpaired) electrons. The molecule has 3 fully saturated rings. The fraction of sp³-hybridized carbons (Fsp3) is 0.650. The van der Waals surface area contributed by atoms with Gasteiger partial charge >= 0.3 is 5.97 Å². The molecule has 3 heterocycles. The van der Waals surface area contributed by atoms with Gasteiger partial charge in [-0.15, -0.1) is 11.3 Å². The minimum Gasteiger partial charge on any atom is -0.481 e. The van der Waals surface area contributed by atoms with E-state index in [4.69, 9.17) is 4.74 Å². The zero-order valence-electron chi connectivity index (χ0n) is 15.5. The monoisotopic (exact) mass is 404 g/mol. The third-order valence-electron chi connectivity index (χ3n) is 6.41. The summed E-state index contributed by atoms with van der Waals surface area (Å²) in [7, 11) is 0. The van der Waals surface area contributed by atoms with Crippen LogP contribution in [-0.2, 0) is 27.2 Å². The third-order valence-corrected chi connectivity index (χ3v) is 7.62. The molecule has 0 unspecified atom stereocenters. The Kier molecular flexibility index (Phi) is 4.43. The first-order valence-corrected chi connectivity index (χ1v) is 11.0. The van der Waals surface area contributed by atoms with Crippen molar-refractivity contribution in [3.05, 3.63) is 16.0 Å². The van der Waals surface area contributed by atoms with Gasteiger partial charge in [-0.2, -0.15) is 0 Å². The van der Waals surface area contributed by atoms with Crippen molar-refractivity contribution < 1.29 is 24.2 Å². The van der Waals surface area contributed by atoms with Crippen LogP contribution >= 0.6 is 11.3 Å². The lowest BCUT2D eigenvalue weighted by atomic mass is 9.78. The number of aryl methyl sites for hydroxylation is 1. The normalized spacial score (nSPS) is 30.7. The summed E-state index contributed by atoms with van der Waals surface area (Å²) < 4.78 is 5.72. The number of carbonyl (C=O) groups is 3. The van der Waals surface area contributed by atoms with Gasteiger partial charge < -0.3 is 20.5 Å². The average Bonchev–Trinajstić information content (AvgIpc) is 3.10. The van der Waals surface area contributed by atoms with Crippen LogP contribution in [0, 0.1) is 11.8 Å². The molecule has 2 bridgehead atoms. The van der Waals surface area contributed by atoms with Crippen molar-refractivity contribution in [2.24, 2.45) is 11.8 Å². The standard InChI is InChI=1S/C20H24N2O5S/c23-17(21-9-5-6-9)14-10-3-1-2-4-13(10)28-19(14)22-18(24)15-11-7-8-12(27-11)16(15)20(25)26/h9,11-12,15-16H,1-8H2,(H,21,23)(H,22,24)(H,25,26)/t11-,12-,15-,16+/m1/s1. The number of hydrogen-bond acceptors (Lipinski definition) is 5. The lowest BCUT2D eigenvalue weighted by molar-refractivity contribution is -0.147. The maximum Gasteiger partial charge on any atom is 0.310 e. The van der Waals surface area contributed by atoms with Gasteiger partial charge in [0.05, 0.1) is 29.6 Å². The Hall–Kier alpha value is -1.93. The van der Waals surface area contributed by atoms with Crippen LogP contribution in [0.4, 0.5) is 5.00 Å². The molecule has 0 spiro atoms. The highest BCUT2D eigenvalue weighted by Gasteiger charge is 2.55. The number of amides is 2. The number of hydrogen-bond donors (Lipinski definition) is 3. The molecule has 5 rings (SSSR count). The van der Waals surface area contributed by atoms with Crippen LogP contribution in [0.2, 0.25) is 0 Å². The molecule has 2 saturated heterocycles. The maximum absolute atomic E-state index is 13.1. The summed E-state index contributed by atoms with van der Waals surface area (Å²) in [5.74, 6) is -2.94. The summed E-state index contributed by atoms with van der Waals surface area (Å²) in [5, 5.41) is 16.1. The maximum atomic E-state index is 13.1. The molecule has 1 aromatic rings. The van der Waals surface area contributed by atoms with Gasteiger partial charge in [0, 0.05) is 10.9 Å². The number of carboxylic acids is 1. The van der Waals surface area contributed by atoms with Gasteiger partial charge in [-0.25, -0.2) is 0 Å². The van der Waals surface area contributed by atoms with Gasteiger partial charge in [-0.05, 0) is 56.9 Å². The average molecular weight is 404 g/mol. The molecule has 8 heteroatoms. The molecular weight excluding hydrogens is 380 g/mol. The Morgan fingerprint density at radius 2 is 1.71 bits per heavy atom. The van der Waals surface area contributed by atoms with E-state index in [1.54, 1.807) is 0 Å². The molecule has 1 aromatic heterocycles. The highest BCUT2D eigenvalue weighted by molar-refractivity contribution is 7.17. The number of ether oxygens (including phenoxy) is 1. The van der Waals surface area contributed by atoms with Crippen LogP contribution in [0.25, 0.3) is 0 Å². The molecule has 150 valence electrons. The van der Waals surface area contributed by atoms with Gasteiger partial charge in [-0.3, -0.25) is 14.4 Å². The molecule has 7 nitrogen and oxygen atoms in total. The highest BCUT2D eigenvalue weighted by Crippen LogP contribution is 2.45. The molecule has 2 aliphatic heterocycles. The molecule has 0 aromatic carbocycles.